The van der Waals surface area contributed by atoms with E-state index in [-0.39, 0.29) is 0 Å². The summed E-state index contributed by atoms with van der Waals surface area (Å²) in [7, 11) is 0. The summed E-state index contributed by atoms with van der Waals surface area (Å²) < 4.78 is 0. The van der Waals surface area contributed by atoms with Gasteiger partial charge >= 0.3 is 0 Å². The molecule has 102 valence electrons. The van der Waals surface area contributed by atoms with Gasteiger partial charge in [-0.1, -0.05) is 30.7 Å². The molecule has 0 saturated carbocycles. The van der Waals surface area contributed by atoms with E-state index < -0.39 is 0 Å². The van der Waals surface area contributed by atoms with Crippen LogP contribution < -0.4 is 5.32 Å². The first-order valence-electron chi connectivity index (χ1n) is 6.62. The summed E-state index contributed by atoms with van der Waals surface area (Å²) in [5.41, 5.74) is 2.72. The van der Waals surface area contributed by atoms with E-state index >= 15 is 0 Å². The second kappa shape index (κ2) is 7.13. The Hall–Kier alpha value is -0.770. The molecular weight excluding hydrogens is 270 g/mol. The minimum absolute atomic E-state index is 0.584. The lowest BCUT2D eigenvalue weighted by atomic mass is 10.2. The van der Waals surface area contributed by atoms with Gasteiger partial charge in [-0.2, -0.15) is 0 Å². The number of thiophene rings is 1. The van der Waals surface area contributed by atoms with Crippen LogP contribution in [0.1, 0.15) is 22.9 Å². The van der Waals surface area contributed by atoms with Crippen molar-refractivity contribution in [3.8, 4) is 0 Å². The number of aryl methyl sites for hydroxylation is 2. The fourth-order valence-corrected chi connectivity index (χ4v) is 3.72. The van der Waals surface area contributed by atoms with Crippen LogP contribution >= 0.6 is 23.1 Å². The van der Waals surface area contributed by atoms with Gasteiger partial charge in [-0.3, -0.25) is 0 Å². The third-order valence-corrected chi connectivity index (χ3v) is 5.12. The third kappa shape index (κ3) is 4.68. The Bertz CT molecular complexity index is 505. The monoisotopic (exact) mass is 291 g/mol. The fourth-order valence-electron chi connectivity index (χ4n) is 1.90. The molecule has 0 aliphatic rings. The zero-order valence-electron chi connectivity index (χ0n) is 11.8. The number of hydrogen-bond acceptors (Lipinski definition) is 3. The van der Waals surface area contributed by atoms with E-state index in [1.807, 2.05) is 23.1 Å². The van der Waals surface area contributed by atoms with Gasteiger partial charge in [0.05, 0.1) is 0 Å². The molecule has 1 atom stereocenters. The van der Waals surface area contributed by atoms with Crippen LogP contribution in [-0.4, -0.2) is 11.8 Å². The summed E-state index contributed by atoms with van der Waals surface area (Å²) in [6.45, 7) is 8.65. The van der Waals surface area contributed by atoms with Gasteiger partial charge in [-0.05, 0) is 36.9 Å². The fraction of sp³-hybridized carbons (Fsp3) is 0.375. The minimum atomic E-state index is 0.584. The molecule has 0 spiro atoms. The van der Waals surface area contributed by atoms with Gasteiger partial charge in [0.1, 0.15) is 0 Å². The van der Waals surface area contributed by atoms with E-state index in [1.54, 1.807) is 0 Å². The van der Waals surface area contributed by atoms with Crippen LogP contribution in [0, 0.1) is 13.8 Å². The highest BCUT2D eigenvalue weighted by molar-refractivity contribution is 8.00. The highest BCUT2D eigenvalue weighted by Gasteiger charge is 2.07. The molecule has 2 rings (SSSR count). The molecule has 0 bridgehead atoms. The molecule has 0 radical (unpaired) electrons. The van der Waals surface area contributed by atoms with Crippen LogP contribution in [0.15, 0.2) is 40.6 Å². The standard InChI is InChI=1S/C16H21NS2/c1-12-6-7-13(2)16(9-12)19-14(3)10-17-11-15-5-4-8-18-15/h4-9,14,17H,10-11H2,1-3H3. The zero-order chi connectivity index (χ0) is 13.7. The number of thioether (sulfide) groups is 1. The van der Waals surface area contributed by atoms with E-state index in [0.29, 0.717) is 5.25 Å². The molecule has 1 aromatic heterocycles. The molecule has 0 aliphatic carbocycles. The first kappa shape index (κ1) is 14.6. The van der Waals surface area contributed by atoms with Crippen LogP contribution in [0.5, 0.6) is 0 Å². The van der Waals surface area contributed by atoms with Crippen LogP contribution in [0.3, 0.4) is 0 Å². The van der Waals surface area contributed by atoms with Crippen LogP contribution in [-0.2, 0) is 6.54 Å². The molecule has 19 heavy (non-hydrogen) atoms. The summed E-state index contributed by atoms with van der Waals surface area (Å²) >= 11 is 3.78. The molecule has 2 aromatic rings. The number of hydrogen-bond donors (Lipinski definition) is 1. The quantitative estimate of drug-likeness (QED) is 0.778. The van der Waals surface area contributed by atoms with Gasteiger partial charge in [0, 0.05) is 28.1 Å². The zero-order valence-corrected chi connectivity index (χ0v) is 13.4. The second-order valence-electron chi connectivity index (χ2n) is 4.91. The SMILES string of the molecule is Cc1ccc(C)c(SC(C)CNCc2cccs2)c1. The van der Waals surface area contributed by atoms with E-state index in [1.165, 1.54) is 20.9 Å². The number of rotatable bonds is 6. The molecule has 0 amide bonds. The van der Waals surface area contributed by atoms with Gasteiger partial charge in [0.2, 0.25) is 0 Å². The smallest absolute Gasteiger partial charge is 0.0300 e. The van der Waals surface area contributed by atoms with E-state index in [4.69, 9.17) is 0 Å². The van der Waals surface area contributed by atoms with Gasteiger partial charge in [0.25, 0.3) is 0 Å². The van der Waals surface area contributed by atoms with Crippen molar-refractivity contribution in [1.29, 1.82) is 0 Å². The predicted octanol–water partition coefficient (Wildman–Crippen LogP) is 4.64. The van der Waals surface area contributed by atoms with Gasteiger partial charge < -0.3 is 5.32 Å². The van der Waals surface area contributed by atoms with Crippen molar-refractivity contribution in [2.24, 2.45) is 0 Å². The molecule has 1 nitrogen and oxygen atoms in total. The highest BCUT2D eigenvalue weighted by atomic mass is 32.2. The van der Waals surface area contributed by atoms with Crippen molar-refractivity contribution < 1.29 is 0 Å². The number of benzene rings is 1. The first-order valence-corrected chi connectivity index (χ1v) is 8.38. The molecule has 1 aromatic carbocycles. The molecule has 0 fully saturated rings. The molecule has 1 heterocycles. The minimum Gasteiger partial charge on any atom is -0.311 e. The maximum Gasteiger partial charge on any atom is 0.0300 e. The lowest BCUT2D eigenvalue weighted by Gasteiger charge is -2.14. The van der Waals surface area contributed by atoms with E-state index in [0.717, 1.165) is 13.1 Å². The molecule has 0 saturated heterocycles. The van der Waals surface area contributed by atoms with Crippen molar-refractivity contribution in [2.75, 3.05) is 6.54 Å². The van der Waals surface area contributed by atoms with Crippen molar-refractivity contribution in [1.82, 2.24) is 5.32 Å². The topological polar surface area (TPSA) is 12.0 Å². The molecule has 0 aliphatic heterocycles. The van der Waals surface area contributed by atoms with Crippen molar-refractivity contribution >= 4 is 23.1 Å². The van der Waals surface area contributed by atoms with Crippen molar-refractivity contribution in [3.63, 3.8) is 0 Å². The Kier molecular flexibility index (Phi) is 5.49. The van der Waals surface area contributed by atoms with Gasteiger partial charge in [0.15, 0.2) is 0 Å². The Labute approximate surface area is 124 Å². The largest absolute Gasteiger partial charge is 0.311 e. The lowest BCUT2D eigenvalue weighted by Crippen LogP contribution is -2.21. The summed E-state index contributed by atoms with van der Waals surface area (Å²) in [6.07, 6.45) is 0. The Morgan fingerprint density at radius 1 is 1.26 bits per heavy atom. The summed E-state index contributed by atoms with van der Waals surface area (Å²) in [4.78, 5) is 2.81. The Morgan fingerprint density at radius 2 is 2.11 bits per heavy atom. The molecule has 1 N–H and O–H groups in total. The predicted molar refractivity (Wildman–Crippen MR) is 87.3 cm³/mol. The normalized spacial score (nSPS) is 12.6. The van der Waals surface area contributed by atoms with Crippen molar-refractivity contribution in [3.05, 3.63) is 51.7 Å². The Balaban J connectivity index is 1.80. The van der Waals surface area contributed by atoms with E-state index in [9.17, 15) is 0 Å². The number of nitrogens with one attached hydrogen (secondary N) is 1. The van der Waals surface area contributed by atoms with Gasteiger partial charge in [-0.25, -0.2) is 0 Å². The van der Waals surface area contributed by atoms with Crippen LogP contribution in [0.4, 0.5) is 0 Å². The maximum absolute atomic E-state index is 3.53. The second-order valence-corrected chi connectivity index (χ2v) is 7.42. The van der Waals surface area contributed by atoms with E-state index in [2.05, 4.69) is 61.8 Å². The third-order valence-electron chi connectivity index (χ3n) is 2.98. The summed E-state index contributed by atoms with van der Waals surface area (Å²) in [5, 5.41) is 6.25. The maximum atomic E-state index is 3.53. The average molecular weight is 291 g/mol. The summed E-state index contributed by atoms with van der Waals surface area (Å²) in [6, 6.07) is 11.0. The molecule has 3 heteroatoms. The van der Waals surface area contributed by atoms with Crippen LogP contribution in [0.25, 0.3) is 0 Å². The summed E-state index contributed by atoms with van der Waals surface area (Å²) in [5.74, 6) is 0. The average Bonchev–Trinajstić information content (AvgIpc) is 2.87. The Morgan fingerprint density at radius 3 is 2.84 bits per heavy atom. The first-order chi connectivity index (χ1) is 9.15. The highest BCUT2D eigenvalue weighted by Crippen LogP contribution is 2.27. The molecule has 1 unspecified atom stereocenters. The van der Waals surface area contributed by atoms with Crippen LogP contribution in [0.2, 0.25) is 0 Å². The lowest BCUT2D eigenvalue weighted by molar-refractivity contribution is 0.690. The van der Waals surface area contributed by atoms with Gasteiger partial charge in [-0.15, -0.1) is 23.1 Å². The van der Waals surface area contributed by atoms with Crippen molar-refractivity contribution in [2.45, 2.75) is 37.5 Å². The molecular formula is C16H21NS2.